The summed E-state index contributed by atoms with van der Waals surface area (Å²) in [6, 6.07) is 12.4. The lowest BCUT2D eigenvalue weighted by atomic mass is 10.3. The molecule has 0 aliphatic rings. The van der Waals surface area contributed by atoms with E-state index in [-0.39, 0.29) is 6.61 Å². The Hall–Kier alpha value is -2.53. The first-order valence-electron chi connectivity index (χ1n) is 6.61. The summed E-state index contributed by atoms with van der Waals surface area (Å²) in [5, 5.41) is 0.603. The standard InChI is InChI=1S/C16H13ClN2O3/c1-21-16(20)14-6-3-7-15-18-9-12(19(14)15)10-22-13-5-2-4-11(17)8-13/h2-9H,10H2,1H3. The second kappa shape index (κ2) is 6.07. The van der Waals surface area contributed by atoms with E-state index in [1.807, 2.05) is 18.2 Å². The van der Waals surface area contributed by atoms with Gasteiger partial charge in [0.15, 0.2) is 0 Å². The van der Waals surface area contributed by atoms with Gasteiger partial charge in [0.2, 0.25) is 0 Å². The zero-order valence-corrected chi connectivity index (χ0v) is 12.6. The number of rotatable bonds is 4. The lowest BCUT2D eigenvalue weighted by molar-refractivity contribution is 0.0591. The predicted molar refractivity (Wildman–Crippen MR) is 82.3 cm³/mol. The van der Waals surface area contributed by atoms with Gasteiger partial charge in [-0.1, -0.05) is 23.7 Å². The molecule has 0 aliphatic heterocycles. The summed E-state index contributed by atoms with van der Waals surface area (Å²) in [6.45, 7) is 0.259. The van der Waals surface area contributed by atoms with Gasteiger partial charge in [0, 0.05) is 5.02 Å². The molecule has 2 heterocycles. The van der Waals surface area contributed by atoms with E-state index in [9.17, 15) is 4.79 Å². The summed E-state index contributed by atoms with van der Waals surface area (Å²) < 4.78 is 12.2. The Morgan fingerprint density at radius 1 is 1.27 bits per heavy atom. The number of imidazole rings is 1. The number of halogens is 1. The highest BCUT2D eigenvalue weighted by molar-refractivity contribution is 6.30. The molecule has 1 aromatic carbocycles. The summed E-state index contributed by atoms with van der Waals surface area (Å²) in [7, 11) is 1.35. The number of esters is 1. The summed E-state index contributed by atoms with van der Waals surface area (Å²) in [6.07, 6.45) is 1.67. The highest BCUT2D eigenvalue weighted by Gasteiger charge is 2.14. The lowest BCUT2D eigenvalue weighted by Gasteiger charge is -2.09. The second-order valence-electron chi connectivity index (χ2n) is 4.59. The number of benzene rings is 1. The maximum absolute atomic E-state index is 11.9. The molecule has 0 unspecified atom stereocenters. The molecule has 0 bridgehead atoms. The fourth-order valence-electron chi connectivity index (χ4n) is 2.18. The Morgan fingerprint density at radius 2 is 2.09 bits per heavy atom. The smallest absolute Gasteiger partial charge is 0.355 e. The van der Waals surface area contributed by atoms with Gasteiger partial charge in [-0.05, 0) is 30.3 Å². The predicted octanol–water partition coefficient (Wildman–Crippen LogP) is 3.35. The highest BCUT2D eigenvalue weighted by atomic mass is 35.5. The van der Waals surface area contributed by atoms with Gasteiger partial charge in [-0.3, -0.25) is 4.40 Å². The summed E-state index contributed by atoms with van der Waals surface area (Å²) >= 11 is 5.93. The van der Waals surface area contributed by atoms with Crippen molar-refractivity contribution in [2.45, 2.75) is 6.61 Å². The molecule has 2 aromatic heterocycles. The molecule has 6 heteroatoms. The Bertz CT molecular complexity index is 829. The second-order valence-corrected chi connectivity index (χ2v) is 5.03. The zero-order chi connectivity index (χ0) is 15.5. The number of ether oxygens (including phenoxy) is 2. The first kappa shape index (κ1) is 14.4. The van der Waals surface area contributed by atoms with Gasteiger partial charge in [0.1, 0.15) is 23.7 Å². The maximum Gasteiger partial charge on any atom is 0.355 e. The molecule has 3 rings (SSSR count). The van der Waals surface area contributed by atoms with Crippen LogP contribution in [-0.4, -0.2) is 22.5 Å². The van der Waals surface area contributed by atoms with Crippen LogP contribution in [0.1, 0.15) is 16.2 Å². The SMILES string of the molecule is COC(=O)c1cccc2ncc(COc3cccc(Cl)c3)n12. The number of carbonyl (C=O) groups is 1. The fourth-order valence-corrected chi connectivity index (χ4v) is 2.36. The van der Waals surface area contributed by atoms with E-state index in [1.54, 1.807) is 34.9 Å². The maximum atomic E-state index is 11.9. The van der Waals surface area contributed by atoms with Crippen molar-refractivity contribution in [2.24, 2.45) is 0 Å². The number of hydrogen-bond donors (Lipinski definition) is 0. The Morgan fingerprint density at radius 3 is 2.86 bits per heavy atom. The van der Waals surface area contributed by atoms with E-state index in [2.05, 4.69) is 4.98 Å². The van der Waals surface area contributed by atoms with E-state index in [0.717, 1.165) is 5.69 Å². The average molecular weight is 317 g/mol. The van der Waals surface area contributed by atoms with Crippen LogP contribution in [0, 0.1) is 0 Å². The quantitative estimate of drug-likeness (QED) is 0.693. The van der Waals surface area contributed by atoms with Gasteiger partial charge in [-0.15, -0.1) is 0 Å². The zero-order valence-electron chi connectivity index (χ0n) is 11.8. The molecule has 0 N–H and O–H groups in total. The minimum absolute atomic E-state index is 0.259. The van der Waals surface area contributed by atoms with Crippen LogP contribution in [0.15, 0.2) is 48.7 Å². The van der Waals surface area contributed by atoms with Crippen LogP contribution < -0.4 is 4.74 Å². The minimum Gasteiger partial charge on any atom is -0.487 e. The van der Waals surface area contributed by atoms with Gasteiger partial charge in [0.05, 0.1) is 19.0 Å². The summed E-state index contributed by atoms with van der Waals surface area (Å²) in [4.78, 5) is 16.1. The van der Waals surface area contributed by atoms with Gasteiger partial charge in [0.25, 0.3) is 0 Å². The van der Waals surface area contributed by atoms with Crippen molar-refractivity contribution in [1.29, 1.82) is 0 Å². The van der Waals surface area contributed by atoms with E-state index < -0.39 is 5.97 Å². The van der Waals surface area contributed by atoms with Gasteiger partial charge < -0.3 is 9.47 Å². The number of fused-ring (bicyclic) bond motifs is 1. The van der Waals surface area contributed by atoms with Gasteiger partial charge >= 0.3 is 5.97 Å². The number of methoxy groups -OCH3 is 1. The van der Waals surface area contributed by atoms with Crippen LogP contribution in [0.2, 0.25) is 5.02 Å². The van der Waals surface area contributed by atoms with E-state index in [4.69, 9.17) is 21.1 Å². The number of nitrogens with zero attached hydrogens (tertiary/aromatic N) is 2. The lowest BCUT2D eigenvalue weighted by Crippen LogP contribution is -2.10. The van der Waals surface area contributed by atoms with Crippen molar-refractivity contribution in [3.05, 3.63) is 65.1 Å². The van der Waals surface area contributed by atoms with Crippen molar-refractivity contribution in [1.82, 2.24) is 9.38 Å². The van der Waals surface area contributed by atoms with Crippen molar-refractivity contribution in [3.8, 4) is 5.75 Å². The van der Waals surface area contributed by atoms with Crippen LogP contribution in [0.5, 0.6) is 5.75 Å². The molecule has 0 fully saturated rings. The molecule has 22 heavy (non-hydrogen) atoms. The molecule has 0 saturated heterocycles. The molecule has 0 amide bonds. The largest absolute Gasteiger partial charge is 0.487 e. The van der Waals surface area contributed by atoms with Crippen molar-refractivity contribution >= 4 is 23.2 Å². The molecular weight excluding hydrogens is 304 g/mol. The number of aromatic nitrogens is 2. The van der Waals surface area contributed by atoms with E-state index in [1.165, 1.54) is 7.11 Å². The van der Waals surface area contributed by atoms with E-state index >= 15 is 0 Å². The highest BCUT2D eigenvalue weighted by Crippen LogP contribution is 2.19. The number of pyridine rings is 1. The topological polar surface area (TPSA) is 52.8 Å². The van der Waals surface area contributed by atoms with Crippen molar-refractivity contribution in [3.63, 3.8) is 0 Å². The third-order valence-corrected chi connectivity index (χ3v) is 3.41. The fraction of sp³-hybridized carbons (Fsp3) is 0.125. The Kier molecular flexibility index (Phi) is 3.98. The monoisotopic (exact) mass is 316 g/mol. The minimum atomic E-state index is -0.424. The molecule has 0 radical (unpaired) electrons. The molecule has 0 aliphatic carbocycles. The molecule has 0 atom stereocenters. The number of hydrogen-bond acceptors (Lipinski definition) is 4. The van der Waals surface area contributed by atoms with Crippen LogP contribution in [0.3, 0.4) is 0 Å². The average Bonchev–Trinajstić information content (AvgIpc) is 2.95. The number of carbonyl (C=O) groups excluding carboxylic acids is 1. The van der Waals surface area contributed by atoms with Crippen LogP contribution >= 0.6 is 11.6 Å². The third kappa shape index (κ3) is 2.76. The first-order valence-corrected chi connectivity index (χ1v) is 6.99. The summed E-state index contributed by atoms with van der Waals surface area (Å²) in [5.41, 5.74) is 1.81. The van der Waals surface area contributed by atoms with Gasteiger partial charge in [-0.2, -0.15) is 0 Å². The molecule has 0 spiro atoms. The van der Waals surface area contributed by atoms with Crippen LogP contribution in [0.25, 0.3) is 5.65 Å². The van der Waals surface area contributed by atoms with Crippen LogP contribution in [-0.2, 0) is 11.3 Å². The van der Waals surface area contributed by atoms with Crippen molar-refractivity contribution in [2.75, 3.05) is 7.11 Å². The normalized spacial score (nSPS) is 10.6. The Labute approximate surface area is 132 Å². The first-order chi connectivity index (χ1) is 10.7. The van der Waals surface area contributed by atoms with Crippen molar-refractivity contribution < 1.29 is 14.3 Å². The molecular formula is C16H13ClN2O3. The molecule has 0 saturated carbocycles. The molecule has 112 valence electrons. The third-order valence-electron chi connectivity index (χ3n) is 3.18. The Balaban J connectivity index is 1.92. The van der Waals surface area contributed by atoms with Crippen LogP contribution in [0.4, 0.5) is 0 Å². The summed E-state index contributed by atoms with van der Waals surface area (Å²) in [5.74, 6) is 0.227. The van der Waals surface area contributed by atoms with E-state index in [0.29, 0.717) is 22.1 Å². The molecule has 5 nitrogen and oxygen atoms in total. The van der Waals surface area contributed by atoms with Gasteiger partial charge in [-0.25, -0.2) is 9.78 Å². The molecule has 3 aromatic rings.